The summed E-state index contributed by atoms with van der Waals surface area (Å²) in [6, 6.07) is 0.460. The molecule has 0 spiro atoms. The summed E-state index contributed by atoms with van der Waals surface area (Å²) in [5, 5.41) is 12.6. The molecule has 0 bridgehead atoms. The maximum Gasteiger partial charge on any atom is 0.320 e. The van der Waals surface area contributed by atoms with Gasteiger partial charge in [-0.25, -0.2) is 0 Å². The number of hydrogen-bond acceptors (Lipinski definition) is 3. The summed E-state index contributed by atoms with van der Waals surface area (Å²) < 4.78 is 0. The Bertz CT molecular complexity index is 211. The van der Waals surface area contributed by atoms with Gasteiger partial charge in [0.2, 0.25) is 0 Å². The normalized spacial score (nSPS) is 30.1. The molecule has 1 rings (SSSR count). The largest absolute Gasteiger partial charge is 0.480 e. The molecule has 4 heteroatoms. The lowest BCUT2D eigenvalue weighted by atomic mass is 10.1. The van der Waals surface area contributed by atoms with Crippen LogP contribution in [0.15, 0.2) is 0 Å². The van der Waals surface area contributed by atoms with Crippen LogP contribution in [0.5, 0.6) is 0 Å². The fraction of sp³-hybridized carbons (Fsp3) is 0.909. The molecule has 0 aromatic carbocycles. The van der Waals surface area contributed by atoms with Crippen molar-refractivity contribution in [3.63, 3.8) is 0 Å². The van der Waals surface area contributed by atoms with Crippen LogP contribution >= 0.6 is 0 Å². The van der Waals surface area contributed by atoms with E-state index in [0.29, 0.717) is 12.1 Å². The van der Waals surface area contributed by atoms with Crippen LogP contribution in [-0.2, 0) is 4.79 Å². The van der Waals surface area contributed by atoms with E-state index in [4.69, 9.17) is 5.11 Å². The molecule has 0 aromatic rings. The van der Waals surface area contributed by atoms with Crippen molar-refractivity contribution < 1.29 is 9.90 Å². The maximum atomic E-state index is 11.1. The molecule has 3 atom stereocenters. The smallest absolute Gasteiger partial charge is 0.320 e. The molecule has 1 heterocycles. The average molecular weight is 214 g/mol. The molecule has 1 aliphatic rings. The van der Waals surface area contributed by atoms with Crippen LogP contribution < -0.4 is 5.32 Å². The van der Waals surface area contributed by atoms with Gasteiger partial charge in [0.1, 0.15) is 6.04 Å². The predicted octanol–water partition coefficient (Wildman–Crippen LogP) is 0.922. The van der Waals surface area contributed by atoms with Crippen molar-refractivity contribution in [2.24, 2.45) is 0 Å². The van der Waals surface area contributed by atoms with E-state index in [2.05, 4.69) is 24.1 Å². The Kier molecular flexibility index (Phi) is 4.54. The number of hydrogen-bond donors (Lipinski definition) is 2. The van der Waals surface area contributed by atoms with Gasteiger partial charge in [-0.1, -0.05) is 13.3 Å². The molecule has 4 nitrogen and oxygen atoms in total. The molecule has 0 aromatic heterocycles. The van der Waals surface area contributed by atoms with Gasteiger partial charge in [0.25, 0.3) is 0 Å². The topological polar surface area (TPSA) is 52.6 Å². The second-order valence-electron chi connectivity index (χ2n) is 4.57. The summed E-state index contributed by atoms with van der Waals surface area (Å²) in [6.07, 6.45) is 1.67. The highest BCUT2D eigenvalue weighted by atomic mass is 16.4. The number of aliphatic carboxylic acids is 1. The fourth-order valence-electron chi connectivity index (χ4n) is 2.36. The van der Waals surface area contributed by atoms with Crippen molar-refractivity contribution in [3.05, 3.63) is 0 Å². The van der Waals surface area contributed by atoms with Crippen LogP contribution in [0.25, 0.3) is 0 Å². The van der Waals surface area contributed by atoms with E-state index in [1.165, 1.54) is 0 Å². The van der Waals surface area contributed by atoms with Crippen LogP contribution in [0.4, 0.5) is 0 Å². The second-order valence-corrected chi connectivity index (χ2v) is 4.57. The Labute approximate surface area is 91.6 Å². The third-order valence-electron chi connectivity index (χ3n) is 2.87. The molecule has 1 saturated heterocycles. The fourth-order valence-corrected chi connectivity index (χ4v) is 2.36. The van der Waals surface area contributed by atoms with E-state index in [9.17, 15) is 4.79 Å². The van der Waals surface area contributed by atoms with E-state index in [0.717, 1.165) is 25.9 Å². The van der Waals surface area contributed by atoms with E-state index >= 15 is 0 Å². The highest BCUT2D eigenvalue weighted by Crippen LogP contribution is 2.13. The number of rotatable bonds is 4. The summed E-state index contributed by atoms with van der Waals surface area (Å²) in [7, 11) is 0. The summed E-state index contributed by atoms with van der Waals surface area (Å²) in [6.45, 7) is 7.91. The lowest BCUT2D eigenvalue weighted by Crippen LogP contribution is -2.58. The summed E-state index contributed by atoms with van der Waals surface area (Å²) >= 11 is 0. The first kappa shape index (κ1) is 12.5. The van der Waals surface area contributed by atoms with Gasteiger partial charge in [-0.05, 0) is 20.3 Å². The van der Waals surface area contributed by atoms with Gasteiger partial charge < -0.3 is 10.4 Å². The third kappa shape index (κ3) is 3.47. The molecular weight excluding hydrogens is 192 g/mol. The van der Waals surface area contributed by atoms with Crippen molar-refractivity contribution in [2.75, 3.05) is 13.1 Å². The minimum absolute atomic E-state index is 0.304. The van der Waals surface area contributed by atoms with Gasteiger partial charge in [0.15, 0.2) is 0 Å². The van der Waals surface area contributed by atoms with Crippen LogP contribution in [-0.4, -0.2) is 47.2 Å². The molecule has 0 amide bonds. The quantitative estimate of drug-likeness (QED) is 0.731. The zero-order valence-electron chi connectivity index (χ0n) is 9.86. The van der Waals surface area contributed by atoms with Gasteiger partial charge in [-0.15, -0.1) is 0 Å². The van der Waals surface area contributed by atoms with Crippen molar-refractivity contribution in [3.8, 4) is 0 Å². The zero-order valence-corrected chi connectivity index (χ0v) is 9.86. The van der Waals surface area contributed by atoms with Gasteiger partial charge in [0.05, 0.1) is 0 Å². The first-order valence-corrected chi connectivity index (χ1v) is 5.77. The minimum atomic E-state index is -0.682. The minimum Gasteiger partial charge on any atom is -0.480 e. The van der Waals surface area contributed by atoms with Crippen LogP contribution in [0.3, 0.4) is 0 Å². The van der Waals surface area contributed by atoms with E-state index in [-0.39, 0.29) is 6.04 Å². The number of piperazine rings is 1. The lowest BCUT2D eigenvalue weighted by molar-refractivity contribution is -0.144. The highest BCUT2D eigenvalue weighted by Gasteiger charge is 2.30. The molecule has 0 radical (unpaired) electrons. The Hall–Kier alpha value is -0.610. The molecule has 0 aliphatic carbocycles. The van der Waals surface area contributed by atoms with Gasteiger partial charge in [-0.2, -0.15) is 0 Å². The molecule has 1 aliphatic heterocycles. The first-order valence-electron chi connectivity index (χ1n) is 5.77. The van der Waals surface area contributed by atoms with Crippen LogP contribution in [0.1, 0.15) is 33.6 Å². The van der Waals surface area contributed by atoms with Gasteiger partial charge >= 0.3 is 5.97 Å². The number of carboxylic acid groups (broad SMARTS) is 1. The van der Waals surface area contributed by atoms with E-state index in [1.807, 2.05) is 6.92 Å². The number of carbonyl (C=O) groups is 1. The van der Waals surface area contributed by atoms with Crippen LogP contribution in [0.2, 0.25) is 0 Å². The third-order valence-corrected chi connectivity index (χ3v) is 2.87. The Morgan fingerprint density at radius 3 is 2.40 bits per heavy atom. The van der Waals surface area contributed by atoms with Crippen molar-refractivity contribution in [2.45, 2.75) is 51.7 Å². The number of nitrogens with one attached hydrogen (secondary N) is 1. The van der Waals surface area contributed by atoms with Crippen molar-refractivity contribution >= 4 is 5.97 Å². The summed E-state index contributed by atoms with van der Waals surface area (Å²) in [5.41, 5.74) is 0. The predicted molar refractivity (Wildman–Crippen MR) is 60.0 cm³/mol. The summed E-state index contributed by atoms with van der Waals surface area (Å²) in [4.78, 5) is 13.2. The molecular formula is C11H22N2O2. The SMILES string of the molecule is CCCC(C(=O)O)N1CC(C)NC(C)C1. The monoisotopic (exact) mass is 214 g/mol. The molecule has 1 fully saturated rings. The van der Waals surface area contributed by atoms with E-state index in [1.54, 1.807) is 0 Å². The molecule has 15 heavy (non-hydrogen) atoms. The standard InChI is InChI=1S/C11H22N2O2/c1-4-5-10(11(14)15)13-6-8(2)12-9(3)7-13/h8-10,12H,4-7H2,1-3H3,(H,14,15). The molecule has 88 valence electrons. The zero-order chi connectivity index (χ0) is 11.4. The maximum absolute atomic E-state index is 11.1. The Balaban J connectivity index is 2.61. The Morgan fingerprint density at radius 1 is 1.47 bits per heavy atom. The van der Waals surface area contributed by atoms with Crippen molar-refractivity contribution in [1.29, 1.82) is 0 Å². The highest BCUT2D eigenvalue weighted by molar-refractivity contribution is 5.73. The summed E-state index contributed by atoms with van der Waals surface area (Å²) in [5.74, 6) is -0.682. The first-order chi connectivity index (χ1) is 7.04. The lowest BCUT2D eigenvalue weighted by Gasteiger charge is -2.39. The molecule has 2 N–H and O–H groups in total. The molecule has 0 saturated carbocycles. The number of nitrogens with zero attached hydrogens (tertiary/aromatic N) is 1. The van der Waals surface area contributed by atoms with E-state index < -0.39 is 5.97 Å². The van der Waals surface area contributed by atoms with Gasteiger partial charge in [0, 0.05) is 25.2 Å². The van der Waals surface area contributed by atoms with Crippen molar-refractivity contribution in [1.82, 2.24) is 10.2 Å². The second kappa shape index (κ2) is 5.47. The number of carboxylic acids is 1. The molecule has 3 unspecified atom stereocenters. The van der Waals surface area contributed by atoms with Gasteiger partial charge in [-0.3, -0.25) is 9.69 Å². The van der Waals surface area contributed by atoms with Crippen LogP contribution in [0, 0.1) is 0 Å². The average Bonchev–Trinajstić information content (AvgIpc) is 2.11. The Morgan fingerprint density at radius 2 is 2.00 bits per heavy atom.